The molecule has 3 rings (SSSR count). The highest BCUT2D eigenvalue weighted by atomic mass is 79.9. The van der Waals surface area contributed by atoms with Gasteiger partial charge in [0.15, 0.2) is 16.1 Å². The van der Waals surface area contributed by atoms with Crippen molar-refractivity contribution in [2.24, 2.45) is 0 Å². The minimum atomic E-state index is 0.660. The van der Waals surface area contributed by atoms with Crippen LogP contribution in [-0.2, 0) is 6.42 Å². The lowest BCUT2D eigenvalue weighted by atomic mass is 10.3. The van der Waals surface area contributed by atoms with E-state index in [9.17, 15) is 0 Å². The van der Waals surface area contributed by atoms with Gasteiger partial charge in [0.2, 0.25) is 0 Å². The van der Waals surface area contributed by atoms with Crippen molar-refractivity contribution >= 4 is 32.9 Å². The lowest BCUT2D eigenvalue weighted by molar-refractivity contribution is 0.491. The van der Waals surface area contributed by atoms with E-state index in [-0.39, 0.29) is 0 Å². The number of H-pyrrole nitrogens is 1. The van der Waals surface area contributed by atoms with Crippen molar-refractivity contribution < 1.29 is 4.42 Å². The van der Waals surface area contributed by atoms with E-state index >= 15 is 0 Å². The first-order valence-corrected chi connectivity index (χ1v) is 6.24. The molecule has 7 heteroatoms. The molecule has 0 aromatic carbocycles. The van der Waals surface area contributed by atoms with Crippen LogP contribution >= 0.6 is 15.9 Å². The molecule has 0 amide bonds. The summed E-state index contributed by atoms with van der Waals surface area (Å²) < 4.78 is 6.16. The number of hydrogen-bond donors (Lipinski definition) is 2. The van der Waals surface area contributed by atoms with Crippen molar-refractivity contribution in [2.45, 2.75) is 6.42 Å². The minimum Gasteiger partial charge on any atom is -0.454 e. The zero-order chi connectivity index (χ0) is 12.4. The number of fused-ring (bicyclic) bond motifs is 1. The van der Waals surface area contributed by atoms with E-state index in [1.165, 1.54) is 6.33 Å². The lowest BCUT2D eigenvalue weighted by Crippen LogP contribution is -2.06. The zero-order valence-corrected chi connectivity index (χ0v) is 10.9. The van der Waals surface area contributed by atoms with Gasteiger partial charge in [-0.05, 0) is 28.1 Å². The fourth-order valence-electron chi connectivity index (χ4n) is 1.69. The minimum absolute atomic E-state index is 0.660. The smallest absolute Gasteiger partial charge is 0.182 e. The van der Waals surface area contributed by atoms with Crippen LogP contribution in [0, 0.1) is 0 Å². The summed E-state index contributed by atoms with van der Waals surface area (Å²) in [4.78, 5) is 15.3. The molecule has 18 heavy (non-hydrogen) atoms. The number of aromatic nitrogens is 4. The monoisotopic (exact) mass is 307 g/mol. The van der Waals surface area contributed by atoms with Gasteiger partial charge in [-0.15, -0.1) is 0 Å². The van der Waals surface area contributed by atoms with Crippen molar-refractivity contribution in [1.82, 2.24) is 19.9 Å². The molecule has 0 fully saturated rings. The van der Waals surface area contributed by atoms with Crippen LogP contribution < -0.4 is 5.32 Å². The molecule has 0 saturated carbocycles. The zero-order valence-electron chi connectivity index (χ0n) is 9.35. The number of anilines is 1. The molecule has 3 aromatic rings. The molecule has 0 unspecified atom stereocenters. The van der Waals surface area contributed by atoms with Gasteiger partial charge in [-0.2, -0.15) is 0 Å². The normalized spacial score (nSPS) is 10.9. The Bertz CT molecular complexity index is 662. The molecule has 0 aliphatic heterocycles. The highest BCUT2D eigenvalue weighted by Gasteiger charge is 2.05. The maximum atomic E-state index is 5.42. The second-order valence-corrected chi connectivity index (χ2v) is 4.49. The number of nitrogens with one attached hydrogen (secondary N) is 2. The fraction of sp³-hybridized carbons (Fsp3) is 0.182. The molecule has 0 bridgehead atoms. The number of halogens is 1. The lowest BCUT2D eigenvalue weighted by Gasteiger charge is -2.04. The fourth-order valence-corrected chi connectivity index (χ4v) is 2.03. The average Bonchev–Trinajstić information content (AvgIpc) is 2.98. The highest BCUT2D eigenvalue weighted by molar-refractivity contribution is 9.10. The Morgan fingerprint density at radius 2 is 2.22 bits per heavy atom. The third-order valence-electron chi connectivity index (χ3n) is 2.52. The van der Waals surface area contributed by atoms with E-state index in [4.69, 9.17) is 4.42 Å². The van der Waals surface area contributed by atoms with Crippen molar-refractivity contribution in [3.05, 3.63) is 35.2 Å². The second kappa shape index (κ2) is 4.77. The molecule has 2 N–H and O–H groups in total. The Kier molecular flexibility index (Phi) is 2.97. The maximum absolute atomic E-state index is 5.42. The van der Waals surface area contributed by atoms with E-state index in [2.05, 4.69) is 41.2 Å². The SMILES string of the molecule is Brc1ccc(CCNc2ncnc3nc[nH]c23)o1. The summed E-state index contributed by atoms with van der Waals surface area (Å²) in [6, 6.07) is 3.82. The molecule has 0 radical (unpaired) electrons. The van der Waals surface area contributed by atoms with E-state index in [1.807, 2.05) is 12.1 Å². The first-order valence-electron chi connectivity index (χ1n) is 5.45. The molecule has 3 aromatic heterocycles. The summed E-state index contributed by atoms with van der Waals surface area (Å²) in [5, 5.41) is 3.23. The van der Waals surface area contributed by atoms with Crippen molar-refractivity contribution in [3.63, 3.8) is 0 Å². The number of hydrogen-bond acceptors (Lipinski definition) is 5. The molecule has 0 spiro atoms. The molecule has 3 heterocycles. The Morgan fingerprint density at radius 3 is 3.06 bits per heavy atom. The quantitative estimate of drug-likeness (QED) is 0.773. The Morgan fingerprint density at radius 1 is 1.28 bits per heavy atom. The van der Waals surface area contributed by atoms with E-state index < -0.39 is 0 Å². The van der Waals surface area contributed by atoms with Gasteiger partial charge in [0.1, 0.15) is 17.6 Å². The molecule has 0 saturated heterocycles. The third kappa shape index (κ3) is 2.21. The number of rotatable bonds is 4. The van der Waals surface area contributed by atoms with Gasteiger partial charge in [-0.1, -0.05) is 0 Å². The summed E-state index contributed by atoms with van der Waals surface area (Å²) in [7, 11) is 0. The molecule has 0 aliphatic carbocycles. The molecular formula is C11H10BrN5O. The van der Waals surface area contributed by atoms with Crippen molar-refractivity contribution in [1.29, 1.82) is 0 Å². The first-order chi connectivity index (χ1) is 8.83. The summed E-state index contributed by atoms with van der Waals surface area (Å²) in [5.41, 5.74) is 1.48. The van der Waals surface area contributed by atoms with E-state index in [0.29, 0.717) is 5.65 Å². The Hall–Kier alpha value is -1.89. The summed E-state index contributed by atoms with van der Waals surface area (Å²) in [6.45, 7) is 0.727. The Labute approximate surface area is 111 Å². The van der Waals surface area contributed by atoms with Crippen LogP contribution in [0.15, 0.2) is 33.9 Å². The molecular weight excluding hydrogens is 298 g/mol. The molecule has 92 valence electrons. The van der Waals surface area contributed by atoms with Crippen LogP contribution in [-0.4, -0.2) is 26.5 Å². The van der Waals surface area contributed by atoms with Crippen LogP contribution in [0.3, 0.4) is 0 Å². The van der Waals surface area contributed by atoms with Gasteiger partial charge in [0.25, 0.3) is 0 Å². The number of furan rings is 1. The van der Waals surface area contributed by atoms with Crippen LogP contribution in [0.1, 0.15) is 5.76 Å². The third-order valence-corrected chi connectivity index (χ3v) is 2.94. The number of nitrogens with zero attached hydrogens (tertiary/aromatic N) is 3. The second-order valence-electron chi connectivity index (χ2n) is 3.71. The van der Waals surface area contributed by atoms with Crippen LogP contribution in [0.25, 0.3) is 11.2 Å². The predicted octanol–water partition coefficient (Wildman–Crippen LogP) is 2.36. The predicted molar refractivity (Wildman–Crippen MR) is 70.3 cm³/mol. The Balaban J connectivity index is 1.68. The van der Waals surface area contributed by atoms with Crippen LogP contribution in [0.5, 0.6) is 0 Å². The molecule has 0 atom stereocenters. The molecule has 0 aliphatic rings. The maximum Gasteiger partial charge on any atom is 0.182 e. The standard InChI is InChI=1S/C11H10BrN5O/c12-8-2-1-7(18-8)3-4-13-10-9-11(15-5-14-9)17-6-16-10/h1-2,5-6H,3-4H2,(H2,13,14,15,16,17). The van der Waals surface area contributed by atoms with Gasteiger partial charge >= 0.3 is 0 Å². The van der Waals surface area contributed by atoms with Gasteiger partial charge in [0.05, 0.1) is 6.33 Å². The van der Waals surface area contributed by atoms with Gasteiger partial charge in [-0.3, -0.25) is 0 Å². The van der Waals surface area contributed by atoms with Gasteiger partial charge < -0.3 is 14.7 Å². The summed E-state index contributed by atoms with van der Waals surface area (Å²) >= 11 is 3.28. The average molecular weight is 308 g/mol. The largest absolute Gasteiger partial charge is 0.454 e. The number of aromatic amines is 1. The first kappa shape index (κ1) is 11.2. The summed E-state index contributed by atoms with van der Waals surface area (Å²) in [5.74, 6) is 1.67. The van der Waals surface area contributed by atoms with E-state index in [1.54, 1.807) is 6.33 Å². The summed E-state index contributed by atoms with van der Waals surface area (Å²) in [6.07, 6.45) is 3.88. The van der Waals surface area contributed by atoms with E-state index in [0.717, 1.165) is 34.7 Å². The highest BCUT2D eigenvalue weighted by Crippen LogP contribution is 2.16. The van der Waals surface area contributed by atoms with Gasteiger partial charge in [0, 0.05) is 13.0 Å². The van der Waals surface area contributed by atoms with Gasteiger partial charge in [-0.25, -0.2) is 15.0 Å². The number of imidazole rings is 1. The molecule has 6 nitrogen and oxygen atoms in total. The van der Waals surface area contributed by atoms with Crippen LogP contribution in [0.4, 0.5) is 5.82 Å². The van der Waals surface area contributed by atoms with Crippen molar-refractivity contribution in [3.8, 4) is 0 Å². The van der Waals surface area contributed by atoms with Crippen LogP contribution in [0.2, 0.25) is 0 Å². The topological polar surface area (TPSA) is 79.6 Å². The van der Waals surface area contributed by atoms with Crippen molar-refractivity contribution in [2.75, 3.05) is 11.9 Å².